The number of anilines is 1. The van der Waals surface area contributed by atoms with Gasteiger partial charge in [0.25, 0.3) is 5.91 Å². The first-order valence-corrected chi connectivity index (χ1v) is 10.9. The van der Waals surface area contributed by atoms with Crippen LogP contribution in [0, 0.1) is 11.7 Å². The second-order valence-electron chi connectivity index (χ2n) is 7.86. The quantitative estimate of drug-likeness (QED) is 0.760. The Bertz CT molecular complexity index is 931. The maximum atomic E-state index is 13.4. The minimum atomic E-state index is -0.292. The highest BCUT2D eigenvalue weighted by molar-refractivity contribution is 7.22. The predicted octanol–water partition coefficient (Wildman–Crippen LogP) is 1.72. The van der Waals surface area contributed by atoms with E-state index in [1.165, 1.54) is 23.5 Å². The number of rotatable bonds is 3. The monoisotopic (exact) mass is 418 g/mol. The third kappa shape index (κ3) is 3.57. The van der Waals surface area contributed by atoms with Gasteiger partial charge in [0, 0.05) is 45.9 Å². The highest BCUT2D eigenvalue weighted by atomic mass is 32.1. The van der Waals surface area contributed by atoms with Crippen LogP contribution >= 0.6 is 11.3 Å². The number of piperazine rings is 1. The van der Waals surface area contributed by atoms with Gasteiger partial charge in [-0.25, -0.2) is 9.37 Å². The van der Waals surface area contributed by atoms with Crippen LogP contribution in [0.25, 0.3) is 10.2 Å². The van der Waals surface area contributed by atoms with Crippen molar-refractivity contribution < 1.29 is 18.7 Å². The van der Waals surface area contributed by atoms with E-state index in [4.69, 9.17) is 4.74 Å². The fraction of sp³-hybridized carbons (Fsp3) is 0.550. The number of carbonyl (C=O) groups excluding carboxylic acids is 2. The van der Waals surface area contributed by atoms with Crippen LogP contribution < -0.4 is 4.90 Å². The largest absolute Gasteiger partial charge is 0.368 e. The van der Waals surface area contributed by atoms with Crippen LogP contribution in [-0.4, -0.2) is 78.6 Å². The molecule has 29 heavy (non-hydrogen) atoms. The van der Waals surface area contributed by atoms with Crippen LogP contribution in [0.4, 0.5) is 9.52 Å². The molecule has 3 saturated heterocycles. The van der Waals surface area contributed by atoms with E-state index in [1.807, 2.05) is 9.80 Å². The van der Waals surface area contributed by atoms with Gasteiger partial charge < -0.3 is 19.4 Å². The molecule has 154 valence electrons. The van der Waals surface area contributed by atoms with Crippen LogP contribution in [-0.2, 0) is 14.3 Å². The van der Waals surface area contributed by atoms with Crippen molar-refractivity contribution >= 4 is 38.5 Å². The average Bonchev–Trinajstić information content (AvgIpc) is 3.36. The first kappa shape index (κ1) is 18.7. The molecule has 0 saturated carbocycles. The molecule has 1 aromatic carbocycles. The standard InChI is InChI=1S/C20H23FN4O3S/c21-14-3-4-15-17(10-14)29-20(22-15)25-11-13(12-25)18(26)23-5-7-24(8-6-23)19(27)16-2-1-9-28-16/h3-4,10,13,16H,1-2,5-9,11-12H2/t16-/m0/s1. The Morgan fingerprint density at radius 2 is 1.83 bits per heavy atom. The summed E-state index contributed by atoms with van der Waals surface area (Å²) < 4.78 is 19.7. The maximum Gasteiger partial charge on any atom is 0.251 e. The zero-order valence-electron chi connectivity index (χ0n) is 16.1. The Morgan fingerprint density at radius 3 is 2.52 bits per heavy atom. The van der Waals surface area contributed by atoms with Gasteiger partial charge in [0.15, 0.2) is 5.13 Å². The third-order valence-corrected chi connectivity index (χ3v) is 7.03. The fourth-order valence-electron chi connectivity index (χ4n) is 4.19. The number of amides is 2. The van der Waals surface area contributed by atoms with Crippen molar-refractivity contribution in [2.24, 2.45) is 5.92 Å². The summed E-state index contributed by atoms with van der Waals surface area (Å²) in [6.07, 6.45) is 1.45. The number of thiazole rings is 1. The van der Waals surface area contributed by atoms with E-state index < -0.39 is 0 Å². The lowest BCUT2D eigenvalue weighted by atomic mass is 9.99. The predicted molar refractivity (Wildman–Crippen MR) is 107 cm³/mol. The minimum Gasteiger partial charge on any atom is -0.368 e. The smallest absolute Gasteiger partial charge is 0.251 e. The summed E-state index contributed by atoms with van der Waals surface area (Å²) in [5.74, 6) is -0.0880. The first-order valence-electron chi connectivity index (χ1n) is 10.1. The Kier molecular flexibility index (Phi) is 4.87. The van der Waals surface area contributed by atoms with Gasteiger partial charge >= 0.3 is 0 Å². The summed E-state index contributed by atoms with van der Waals surface area (Å²) in [5.41, 5.74) is 0.785. The van der Waals surface area contributed by atoms with Gasteiger partial charge in [0.05, 0.1) is 16.1 Å². The van der Waals surface area contributed by atoms with Crippen molar-refractivity contribution in [1.29, 1.82) is 0 Å². The van der Waals surface area contributed by atoms with E-state index in [0.29, 0.717) is 45.9 Å². The molecule has 4 heterocycles. The molecule has 0 aliphatic carbocycles. The molecule has 3 aliphatic rings. The highest BCUT2D eigenvalue weighted by Crippen LogP contribution is 2.33. The van der Waals surface area contributed by atoms with Gasteiger partial charge in [-0.2, -0.15) is 0 Å². The SMILES string of the molecule is O=C(C1CN(c2nc3ccc(F)cc3s2)C1)N1CCN(C(=O)[C@@H]2CCCO2)CC1. The van der Waals surface area contributed by atoms with Gasteiger partial charge in [-0.1, -0.05) is 11.3 Å². The molecule has 0 N–H and O–H groups in total. The molecule has 9 heteroatoms. The van der Waals surface area contributed by atoms with Crippen molar-refractivity contribution in [2.75, 3.05) is 50.8 Å². The molecule has 0 radical (unpaired) electrons. The number of hydrogen-bond acceptors (Lipinski definition) is 6. The normalized spacial score (nSPS) is 22.9. The lowest BCUT2D eigenvalue weighted by molar-refractivity contribution is -0.147. The van der Waals surface area contributed by atoms with Crippen molar-refractivity contribution in [2.45, 2.75) is 18.9 Å². The van der Waals surface area contributed by atoms with Crippen LogP contribution in [0.1, 0.15) is 12.8 Å². The summed E-state index contributed by atoms with van der Waals surface area (Å²) in [7, 11) is 0. The van der Waals surface area contributed by atoms with Crippen molar-refractivity contribution in [3.63, 3.8) is 0 Å². The van der Waals surface area contributed by atoms with E-state index in [2.05, 4.69) is 9.88 Å². The number of benzene rings is 1. The summed E-state index contributed by atoms with van der Waals surface area (Å²) >= 11 is 1.45. The number of ether oxygens (including phenoxy) is 1. The van der Waals surface area contributed by atoms with E-state index in [1.54, 1.807) is 6.07 Å². The molecule has 3 aliphatic heterocycles. The highest BCUT2D eigenvalue weighted by Gasteiger charge is 2.38. The van der Waals surface area contributed by atoms with Gasteiger partial charge in [0.2, 0.25) is 5.91 Å². The van der Waals surface area contributed by atoms with Gasteiger partial charge in [0.1, 0.15) is 11.9 Å². The molecule has 1 aromatic heterocycles. The van der Waals surface area contributed by atoms with Crippen molar-refractivity contribution in [1.82, 2.24) is 14.8 Å². The summed E-state index contributed by atoms with van der Waals surface area (Å²) in [5, 5.41) is 0.835. The third-order valence-electron chi connectivity index (χ3n) is 5.95. The van der Waals surface area contributed by atoms with Gasteiger partial charge in [-0.05, 0) is 31.0 Å². The number of fused-ring (bicyclic) bond motifs is 1. The molecular weight excluding hydrogens is 395 g/mol. The Hall–Kier alpha value is -2.26. The Balaban J connectivity index is 1.13. The number of nitrogens with zero attached hydrogens (tertiary/aromatic N) is 4. The molecule has 5 rings (SSSR count). The van der Waals surface area contributed by atoms with Crippen molar-refractivity contribution in [3.8, 4) is 0 Å². The van der Waals surface area contributed by atoms with Gasteiger partial charge in [-0.15, -0.1) is 0 Å². The number of hydrogen-bond donors (Lipinski definition) is 0. The van der Waals surface area contributed by atoms with Crippen LogP contribution in [0.15, 0.2) is 18.2 Å². The second-order valence-corrected chi connectivity index (χ2v) is 8.87. The zero-order valence-corrected chi connectivity index (χ0v) is 16.9. The molecule has 0 unspecified atom stereocenters. The molecule has 0 spiro atoms. The first-order chi connectivity index (χ1) is 14.1. The minimum absolute atomic E-state index is 0.0424. The fourth-order valence-corrected chi connectivity index (χ4v) is 5.20. The molecule has 2 amide bonds. The molecule has 7 nitrogen and oxygen atoms in total. The van der Waals surface area contributed by atoms with Crippen molar-refractivity contribution in [3.05, 3.63) is 24.0 Å². The zero-order chi connectivity index (χ0) is 20.0. The summed E-state index contributed by atoms with van der Waals surface area (Å²) in [6.45, 7) is 4.24. The number of carbonyl (C=O) groups is 2. The van der Waals surface area contributed by atoms with E-state index in [9.17, 15) is 14.0 Å². The Morgan fingerprint density at radius 1 is 1.10 bits per heavy atom. The lowest BCUT2D eigenvalue weighted by Gasteiger charge is -2.42. The van der Waals surface area contributed by atoms with Crippen LogP contribution in [0.2, 0.25) is 0 Å². The summed E-state index contributed by atoms with van der Waals surface area (Å²) in [6, 6.07) is 4.60. The van der Waals surface area contributed by atoms with Gasteiger partial charge in [-0.3, -0.25) is 9.59 Å². The van der Waals surface area contributed by atoms with Crippen LogP contribution in [0.3, 0.4) is 0 Å². The van der Waals surface area contributed by atoms with E-state index >= 15 is 0 Å². The van der Waals surface area contributed by atoms with Crippen LogP contribution in [0.5, 0.6) is 0 Å². The molecular formula is C20H23FN4O3S. The topological polar surface area (TPSA) is 66.0 Å². The number of aromatic nitrogens is 1. The summed E-state index contributed by atoms with van der Waals surface area (Å²) in [4.78, 5) is 35.6. The van der Waals surface area contributed by atoms with E-state index in [0.717, 1.165) is 28.2 Å². The molecule has 1 atom stereocenters. The van der Waals surface area contributed by atoms with E-state index in [-0.39, 0.29) is 29.7 Å². The maximum absolute atomic E-state index is 13.4. The average molecular weight is 418 g/mol. The Labute approximate surface area is 172 Å². The molecule has 0 bridgehead atoms. The second kappa shape index (κ2) is 7.53. The lowest BCUT2D eigenvalue weighted by Crippen LogP contribution is -2.59. The molecule has 3 fully saturated rings. The number of halogens is 1. The molecule has 2 aromatic rings.